The Morgan fingerprint density at radius 2 is 2.04 bits per heavy atom. The van der Waals surface area contributed by atoms with E-state index in [0.717, 1.165) is 5.56 Å². The average Bonchev–Trinajstić information content (AvgIpc) is 3.12. The lowest BCUT2D eigenvalue weighted by Gasteiger charge is -2.23. The third-order valence-corrected chi connectivity index (χ3v) is 5.05. The van der Waals surface area contributed by atoms with Crippen LogP contribution >= 0.6 is 0 Å². The minimum absolute atomic E-state index is 0.0288. The Balaban J connectivity index is 1.84. The Hall–Kier alpha value is -1.99. The Labute approximate surface area is 141 Å². The molecule has 1 aromatic rings. The zero-order valence-electron chi connectivity index (χ0n) is 14.2. The van der Waals surface area contributed by atoms with Crippen molar-refractivity contribution >= 4 is 5.97 Å². The fourth-order valence-corrected chi connectivity index (χ4v) is 3.79. The summed E-state index contributed by atoms with van der Waals surface area (Å²) >= 11 is 0. The van der Waals surface area contributed by atoms with Crippen molar-refractivity contribution in [3.8, 4) is 17.2 Å². The van der Waals surface area contributed by atoms with Crippen molar-refractivity contribution in [2.45, 2.75) is 6.54 Å². The van der Waals surface area contributed by atoms with Gasteiger partial charge < -0.3 is 24.1 Å². The summed E-state index contributed by atoms with van der Waals surface area (Å²) in [6.07, 6.45) is 0. The molecule has 0 spiro atoms. The predicted molar refractivity (Wildman–Crippen MR) is 85.8 cm³/mol. The molecule has 3 rings (SSSR count). The van der Waals surface area contributed by atoms with Crippen LogP contribution in [0, 0.1) is 11.3 Å². The monoisotopic (exact) mass is 337 g/mol. The van der Waals surface area contributed by atoms with Gasteiger partial charge in [-0.2, -0.15) is 0 Å². The molecule has 2 fully saturated rings. The van der Waals surface area contributed by atoms with Crippen LogP contribution in [0.5, 0.6) is 17.2 Å². The van der Waals surface area contributed by atoms with Gasteiger partial charge in [0.2, 0.25) is 5.75 Å². The van der Waals surface area contributed by atoms with Crippen molar-refractivity contribution in [3.63, 3.8) is 0 Å². The summed E-state index contributed by atoms with van der Waals surface area (Å²) < 4.78 is 21.6. The number of fused-ring (bicyclic) bond motifs is 1. The molecule has 0 unspecified atom stereocenters. The second kappa shape index (κ2) is 6.49. The summed E-state index contributed by atoms with van der Waals surface area (Å²) in [5, 5.41) is 9.64. The summed E-state index contributed by atoms with van der Waals surface area (Å²) in [6, 6.07) is 3.77. The zero-order valence-corrected chi connectivity index (χ0v) is 14.2. The van der Waals surface area contributed by atoms with Gasteiger partial charge in [0, 0.05) is 31.1 Å². The van der Waals surface area contributed by atoms with E-state index in [4.69, 9.17) is 18.9 Å². The second-order valence-electron chi connectivity index (χ2n) is 6.34. The van der Waals surface area contributed by atoms with Crippen LogP contribution in [-0.4, -0.2) is 63.6 Å². The standard InChI is InChI=1S/C17H23NO6/c1-21-13-5-4-11(14(22-2)15(13)23-3)6-18-7-12-8-24-10-17(12,9-18)16(19)20/h4-5,12H,6-10H2,1-3H3,(H,19,20)/t12-,17-/m1/s1. The van der Waals surface area contributed by atoms with Gasteiger partial charge in [0.05, 0.1) is 34.5 Å². The molecule has 2 atom stereocenters. The molecule has 2 aliphatic heterocycles. The van der Waals surface area contributed by atoms with Crippen LogP contribution < -0.4 is 14.2 Å². The van der Waals surface area contributed by atoms with Gasteiger partial charge in [-0.3, -0.25) is 9.69 Å². The Morgan fingerprint density at radius 3 is 2.62 bits per heavy atom. The van der Waals surface area contributed by atoms with Crippen LogP contribution in [0.3, 0.4) is 0 Å². The summed E-state index contributed by atoms with van der Waals surface area (Å²) in [5.74, 6) is 1.03. The maximum absolute atomic E-state index is 11.7. The van der Waals surface area contributed by atoms with Gasteiger partial charge in [0.15, 0.2) is 11.5 Å². The van der Waals surface area contributed by atoms with E-state index in [2.05, 4.69) is 4.90 Å². The van der Waals surface area contributed by atoms with E-state index in [1.54, 1.807) is 21.3 Å². The van der Waals surface area contributed by atoms with Crippen molar-refractivity contribution in [2.75, 3.05) is 47.6 Å². The van der Waals surface area contributed by atoms with Crippen LogP contribution in [0.25, 0.3) is 0 Å². The van der Waals surface area contributed by atoms with Crippen molar-refractivity contribution in [2.24, 2.45) is 11.3 Å². The summed E-state index contributed by atoms with van der Waals surface area (Å²) in [6.45, 7) is 2.56. The lowest BCUT2D eigenvalue weighted by molar-refractivity contribution is -0.149. The summed E-state index contributed by atoms with van der Waals surface area (Å²) in [4.78, 5) is 13.9. The quantitative estimate of drug-likeness (QED) is 0.837. The van der Waals surface area contributed by atoms with Crippen LogP contribution in [-0.2, 0) is 16.1 Å². The third-order valence-electron chi connectivity index (χ3n) is 5.05. The number of carboxylic acid groups (broad SMARTS) is 1. The molecule has 2 heterocycles. The Bertz CT molecular complexity index is 634. The third kappa shape index (κ3) is 2.57. The fraction of sp³-hybridized carbons (Fsp3) is 0.588. The van der Waals surface area contributed by atoms with Gasteiger partial charge in [0.1, 0.15) is 5.41 Å². The molecule has 24 heavy (non-hydrogen) atoms. The van der Waals surface area contributed by atoms with E-state index in [1.165, 1.54) is 0 Å². The molecule has 2 saturated heterocycles. The number of hydrogen-bond acceptors (Lipinski definition) is 6. The number of carbonyl (C=O) groups is 1. The van der Waals surface area contributed by atoms with Crippen molar-refractivity contribution in [3.05, 3.63) is 17.7 Å². The smallest absolute Gasteiger partial charge is 0.313 e. The summed E-state index contributed by atoms with van der Waals surface area (Å²) in [5.41, 5.74) is 0.153. The van der Waals surface area contributed by atoms with Crippen molar-refractivity contribution in [1.29, 1.82) is 0 Å². The average molecular weight is 337 g/mol. The second-order valence-corrected chi connectivity index (χ2v) is 6.34. The molecule has 132 valence electrons. The zero-order chi connectivity index (χ0) is 17.3. The molecular weight excluding hydrogens is 314 g/mol. The number of rotatable bonds is 6. The van der Waals surface area contributed by atoms with Crippen LogP contribution in [0.4, 0.5) is 0 Å². The highest BCUT2D eigenvalue weighted by atomic mass is 16.5. The molecule has 2 aliphatic rings. The molecule has 7 heteroatoms. The van der Waals surface area contributed by atoms with E-state index < -0.39 is 11.4 Å². The van der Waals surface area contributed by atoms with Crippen molar-refractivity contribution in [1.82, 2.24) is 4.90 Å². The highest BCUT2D eigenvalue weighted by Crippen LogP contribution is 2.44. The number of likely N-dealkylation sites (tertiary alicyclic amines) is 1. The largest absolute Gasteiger partial charge is 0.493 e. The van der Waals surface area contributed by atoms with Crippen LogP contribution in [0.1, 0.15) is 5.56 Å². The first-order valence-corrected chi connectivity index (χ1v) is 7.87. The normalized spacial score (nSPS) is 26.2. The highest BCUT2D eigenvalue weighted by Gasteiger charge is 2.56. The van der Waals surface area contributed by atoms with E-state index in [1.807, 2.05) is 12.1 Å². The molecule has 0 aromatic heterocycles. The molecule has 0 saturated carbocycles. The number of ether oxygens (including phenoxy) is 4. The Kier molecular flexibility index (Phi) is 4.56. The molecule has 0 aliphatic carbocycles. The molecule has 1 N–H and O–H groups in total. The van der Waals surface area contributed by atoms with Gasteiger partial charge in [-0.1, -0.05) is 6.07 Å². The van der Waals surface area contributed by atoms with Gasteiger partial charge in [-0.05, 0) is 6.07 Å². The number of hydrogen-bond donors (Lipinski definition) is 1. The molecule has 1 aromatic carbocycles. The molecule has 7 nitrogen and oxygen atoms in total. The van der Waals surface area contributed by atoms with E-state index in [9.17, 15) is 9.90 Å². The molecule has 0 radical (unpaired) electrons. The SMILES string of the molecule is COc1ccc(CN2C[C@@H]3COC[C@]3(C(=O)O)C2)c(OC)c1OC. The molecule has 0 amide bonds. The van der Waals surface area contributed by atoms with Gasteiger partial charge in [-0.25, -0.2) is 0 Å². The molecule has 0 bridgehead atoms. The number of aliphatic carboxylic acids is 1. The predicted octanol–water partition coefficient (Wildman–Crippen LogP) is 1.25. The van der Waals surface area contributed by atoms with E-state index >= 15 is 0 Å². The Morgan fingerprint density at radius 1 is 1.29 bits per heavy atom. The van der Waals surface area contributed by atoms with Crippen LogP contribution in [0.2, 0.25) is 0 Å². The topological polar surface area (TPSA) is 77.5 Å². The maximum Gasteiger partial charge on any atom is 0.313 e. The highest BCUT2D eigenvalue weighted by molar-refractivity contribution is 5.76. The van der Waals surface area contributed by atoms with Gasteiger partial charge in [-0.15, -0.1) is 0 Å². The first-order chi connectivity index (χ1) is 11.6. The minimum atomic E-state index is -0.788. The van der Waals surface area contributed by atoms with Gasteiger partial charge >= 0.3 is 5.97 Å². The lowest BCUT2D eigenvalue weighted by atomic mass is 9.81. The molecular formula is C17H23NO6. The van der Waals surface area contributed by atoms with E-state index in [0.29, 0.717) is 43.5 Å². The fourth-order valence-electron chi connectivity index (χ4n) is 3.79. The number of carboxylic acids is 1. The number of benzene rings is 1. The number of nitrogens with zero attached hydrogens (tertiary/aromatic N) is 1. The number of methoxy groups -OCH3 is 3. The maximum atomic E-state index is 11.7. The first-order valence-electron chi connectivity index (χ1n) is 7.87. The van der Waals surface area contributed by atoms with Crippen LogP contribution in [0.15, 0.2) is 12.1 Å². The van der Waals surface area contributed by atoms with Gasteiger partial charge in [0.25, 0.3) is 0 Å². The first kappa shape index (κ1) is 16.9. The van der Waals surface area contributed by atoms with E-state index in [-0.39, 0.29) is 12.5 Å². The summed E-state index contributed by atoms with van der Waals surface area (Å²) in [7, 11) is 4.74. The minimum Gasteiger partial charge on any atom is -0.493 e. The lowest BCUT2D eigenvalue weighted by Crippen LogP contribution is -2.38. The van der Waals surface area contributed by atoms with Crippen molar-refractivity contribution < 1.29 is 28.8 Å².